The number of fused-ring (bicyclic) bond motifs is 3. The minimum Gasteiger partial charge on any atom is -0.497 e. The second-order valence-electron chi connectivity index (χ2n) is 8.22. The molecule has 0 N–H and O–H groups in total. The molecule has 0 aliphatic carbocycles. The quantitative estimate of drug-likeness (QED) is 0.520. The molecule has 0 unspecified atom stereocenters. The number of benzene rings is 2. The average molecular weight is 443 g/mol. The molecule has 166 valence electrons. The highest BCUT2D eigenvalue weighted by Crippen LogP contribution is 2.46. The minimum atomic E-state index is -0.910. The van der Waals surface area contributed by atoms with Crippen LogP contribution < -0.4 is 9.64 Å². The molecule has 4 atom stereocenters. The van der Waals surface area contributed by atoms with E-state index in [4.69, 9.17) is 4.74 Å². The van der Waals surface area contributed by atoms with Crippen molar-refractivity contribution in [2.45, 2.75) is 19.0 Å². The Labute approximate surface area is 190 Å². The number of ketones is 2. The molecule has 8 nitrogen and oxygen atoms in total. The fourth-order valence-corrected chi connectivity index (χ4v) is 4.86. The van der Waals surface area contributed by atoms with Crippen LogP contribution in [0.2, 0.25) is 0 Å². The number of hydrogen-bond acceptors (Lipinski definition) is 7. The van der Waals surface area contributed by atoms with Crippen LogP contribution in [0.15, 0.2) is 65.8 Å². The zero-order valence-electron chi connectivity index (χ0n) is 18.0. The van der Waals surface area contributed by atoms with E-state index in [1.54, 1.807) is 71.9 Å². The van der Waals surface area contributed by atoms with Crippen molar-refractivity contribution in [1.29, 1.82) is 0 Å². The molecular weight excluding hydrogens is 422 g/mol. The Kier molecular flexibility index (Phi) is 4.92. The number of amides is 2. The van der Waals surface area contributed by atoms with Gasteiger partial charge in [0.1, 0.15) is 11.8 Å². The van der Waals surface area contributed by atoms with E-state index < -0.39 is 29.8 Å². The van der Waals surface area contributed by atoms with Gasteiger partial charge in [-0.15, -0.1) is 0 Å². The topological polar surface area (TPSA) is 96.3 Å². The zero-order chi connectivity index (χ0) is 23.3. The molecule has 3 heterocycles. The lowest BCUT2D eigenvalue weighted by atomic mass is 9.86. The summed E-state index contributed by atoms with van der Waals surface area (Å²) in [4.78, 5) is 53.3. The monoisotopic (exact) mass is 443 g/mol. The summed E-state index contributed by atoms with van der Waals surface area (Å²) < 4.78 is 5.17. The first-order valence-corrected chi connectivity index (χ1v) is 10.6. The molecule has 2 amide bonds. The van der Waals surface area contributed by atoms with Crippen molar-refractivity contribution in [2.24, 2.45) is 16.9 Å². The number of rotatable bonds is 5. The molecule has 2 aromatic carbocycles. The van der Waals surface area contributed by atoms with Crippen molar-refractivity contribution in [3.05, 3.63) is 71.8 Å². The van der Waals surface area contributed by atoms with E-state index in [2.05, 4.69) is 5.10 Å². The summed E-state index contributed by atoms with van der Waals surface area (Å²) in [5.74, 6) is -2.19. The molecule has 0 aromatic heterocycles. The number of carbonyl (C=O) groups excluding carboxylic acids is 4. The molecule has 0 saturated carbocycles. The van der Waals surface area contributed by atoms with Crippen LogP contribution in [0.3, 0.4) is 0 Å². The summed E-state index contributed by atoms with van der Waals surface area (Å²) in [6.07, 6.45) is 5.08. The van der Waals surface area contributed by atoms with Gasteiger partial charge in [0, 0.05) is 17.3 Å². The number of Topliss-reactive ketones (excluding diaryl/α,β-unsaturated/α-hetero) is 2. The third-order valence-electron chi connectivity index (χ3n) is 6.47. The minimum absolute atomic E-state index is 0.108. The van der Waals surface area contributed by atoms with E-state index in [9.17, 15) is 19.2 Å². The van der Waals surface area contributed by atoms with Crippen LogP contribution in [0.1, 0.15) is 27.6 Å². The Morgan fingerprint density at radius 1 is 0.909 bits per heavy atom. The van der Waals surface area contributed by atoms with Crippen LogP contribution in [0.25, 0.3) is 0 Å². The highest BCUT2D eigenvalue weighted by molar-refractivity contribution is 6.24. The van der Waals surface area contributed by atoms with Gasteiger partial charge in [0.25, 0.3) is 0 Å². The molecule has 33 heavy (non-hydrogen) atoms. The number of anilines is 1. The first kappa shape index (κ1) is 20.8. The summed E-state index contributed by atoms with van der Waals surface area (Å²) in [6.45, 7) is 1.45. The van der Waals surface area contributed by atoms with Gasteiger partial charge in [-0.05, 0) is 61.5 Å². The van der Waals surface area contributed by atoms with Crippen LogP contribution in [-0.4, -0.2) is 53.8 Å². The molecule has 0 spiro atoms. The van der Waals surface area contributed by atoms with Crippen LogP contribution in [-0.2, 0) is 9.59 Å². The lowest BCUT2D eigenvalue weighted by molar-refractivity contribution is -0.123. The van der Waals surface area contributed by atoms with Crippen LogP contribution in [0.5, 0.6) is 5.75 Å². The van der Waals surface area contributed by atoms with Gasteiger partial charge >= 0.3 is 0 Å². The van der Waals surface area contributed by atoms with E-state index in [0.717, 1.165) is 4.90 Å². The molecular formula is C25H21N3O5. The highest BCUT2D eigenvalue weighted by Gasteiger charge is 2.64. The Balaban J connectivity index is 1.53. The van der Waals surface area contributed by atoms with Gasteiger partial charge < -0.3 is 4.74 Å². The maximum atomic E-state index is 13.6. The van der Waals surface area contributed by atoms with Crippen molar-refractivity contribution >= 4 is 35.3 Å². The predicted molar refractivity (Wildman–Crippen MR) is 120 cm³/mol. The first-order chi connectivity index (χ1) is 15.9. The van der Waals surface area contributed by atoms with E-state index in [1.165, 1.54) is 14.0 Å². The number of hydrazone groups is 1. The Hall–Kier alpha value is -4.07. The second-order valence-corrected chi connectivity index (χ2v) is 8.22. The normalized spacial score (nSPS) is 25.3. The highest BCUT2D eigenvalue weighted by atomic mass is 16.5. The number of imide groups is 1. The molecule has 2 aromatic rings. The molecule has 5 rings (SSSR count). The Bertz CT molecular complexity index is 1220. The molecule has 2 saturated heterocycles. The van der Waals surface area contributed by atoms with E-state index in [1.807, 2.05) is 0 Å². The summed E-state index contributed by atoms with van der Waals surface area (Å²) in [5.41, 5.74) is 1.28. The van der Waals surface area contributed by atoms with E-state index >= 15 is 0 Å². The average Bonchev–Trinajstić information content (AvgIpc) is 3.31. The van der Waals surface area contributed by atoms with Crippen LogP contribution >= 0.6 is 0 Å². The number of hydrogen-bond donors (Lipinski definition) is 0. The van der Waals surface area contributed by atoms with Gasteiger partial charge in [-0.2, -0.15) is 5.10 Å². The lowest BCUT2D eigenvalue weighted by Gasteiger charge is -2.30. The van der Waals surface area contributed by atoms with Crippen molar-refractivity contribution in [3.8, 4) is 5.75 Å². The number of nitrogens with zero attached hydrogens (tertiary/aromatic N) is 3. The first-order valence-electron chi connectivity index (χ1n) is 10.6. The molecule has 2 fully saturated rings. The van der Waals surface area contributed by atoms with Gasteiger partial charge in [0.15, 0.2) is 11.6 Å². The Morgan fingerprint density at radius 2 is 1.55 bits per heavy atom. The molecule has 3 aliphatic rings. The zero-order valence-corrected chi connectivity index (χ0v) is 18.0. The van der Waals surface area contributed by atoms with E-state index in [-0.39, 0.29) is 17.5 Å². The van der Waals surface area contributed by atoms with Crippen LogP contribution in [0.4, 0.5) is 5.69 Å². The number of ether oxygens (including phenoxy) is 1. The standard InChI is InChI=1S/C25H21N3O5/c1-14(29)15-5-9-17(10-6-15)27-24(31)20-19-4-3-13-26-28(19)22(21(20)25(27)32)23(30)16-7-11-18(33-2)12-8-16/h3-13,19-22H,1-2H3/t19-,20-,21-,22+/m0/s1. The van der Waals surface area contributed by atoms with Gasteiger partial charge in [-0.1, -0.05) is 6.08 Å². The third kappa shape index (κ3) is 3.17. The predicted octanol–water partition coefficient (Wildman–Crippen LogP) is 2.49. The number of methoxy groups -OCH3 is 1. The fraction of sp³-hybridized carbons (Fsp3) is 0.240. The summed E-state index contributed by atoms with van der Waals surface area (Å²) in [5, 5.41) is 5.93. The maximum Gasteiger partial charge on any atom is 0.240 e. The lowest BCUT2D eigenvalue weighted by Crippen LogP contribution is -2.46. The Morgan fingerprint density at radius 3 is 2.18 bits per heavy atom. The van der Waals surface area contributed by atoms with Crippen molar-refractivity contribution in [2.75, 3.05) is 12.0 Å². The largest absolute Gasteiger partial charge is 0.497 e. The van der Waals surface area contributed by atoms with Crippen molar-refractivity contribution in [3.63, 3.8) is 0 Å². The smallest absolute Gasteiger partial charge is 0.240 e. The van der Waals surface area contributed by atoms with Crippen LogP contribution in [0, 0.1) is 11.8 Å². The van der Waals surface area contributed by atoms with Gasteiger partial charge in [-0.25, -0.2) is 4.90 Å². The SMILES string of the molecule is COc1ccc(C(=O)[C@H]2[C@H]3C(=O)N(c4ccc(C(C)=O)cc4)C(=O)[C@H]3[C@@H]3C=CC=NN32)cc1. The maximum absolute atomic E-state index is 13.6. The summed E-state index contributed by atoms with van der Waals surface area (Å²) in [7, 11) is 1.54. The summed E-state index contributed by atoms with van der Waals surface area (Å²) in [6, 6.07) is 11.6. The van der Waals surface area contributed by atoms with E-state index in [0.29, 0.717) is 22.6 Å². The number of allylic oxidation sites excluding steroid dienone is 1. The summed E-state index contributed by atoms with van der Waals surface area (Å²) >= 11 is 0. The second kappa shape index (κ2) is 7.81. The van der Waals surface area contributed by atoms with Crippen molar-refractivity contribution < 1.29 is 23.9 Å². The van der Waals surface area contributed by atoms with Gasteiger partial charge in [0.05, 0.1) is 30.7 Å². The van der Waals surface area contributed by atoms with Gasteiger partial charge in [-0.3, -0.25) is 24.2 Å². The number of carbonyl (C=O) groups is 4. The molecule has 0 bridgehead atoms. The van der Waals surface area contributed by atoms with Gasteiger partial charge in [0.2, 0.25) is 11.8 Å². The fourth-order valence-electron chi connectivity index (χ4n) is 4.86. The molecule has 3 aliphatic heterocycles. The molecule has 8 heteroatoms. The van der Waals surface area contributed by atoms with Crippen molar-refractivity contribution in [1.82, 2.24) is 5.01 Å². The third-order valence-corrected chi connectivity index (χ3v) is 6.47. The molecule has 0 radical (unpaired) electrons.